The lowest BCUT2D eigenvalue weighted by atomic mass is 10.0. The first-order valence-electron chi connectivity index (χ1n) is 6.77. The highest BCUT2D eigenvalue weighted by Gasteiger charge is 2.25. The fraction of sp³-hybridized carbons (Fsp3) is 1.00. The lowest BCUT2D eigenvalue weighted by Crippen LogP contribution is -2.46. The molecule has 1 atom stereocenters. The first-order valence-corrected chi connectivity index (χ1v) is 6.77. The Bertz CT molecular complexity index is 186. The van der Waals surface area contributed by atoms with Gasteiger partial charge in [0.05, 0.1) is 0 Å². The van der Waals surface area contributed by atoms with Crippen molar-refractivity contribution in [3.63, 3.8) is 0 Å². The summed E-state index contributed by atoms with van der Waals surface area (Å²) in [7, 11) is 0. The average Bonchev–Trinajstić information content (AvgIpc) is 3.10. The smallest absolute Gasteiger partial charge is 0.00915 e. The molecule has 1 saturated carbocycles. The maximum absolute atomic E-state index is 3.73. The molecule has 0 amide bonds. The summed E-state index contributed by atoms with van der Waals surface area (Å²) < 4.78 is 0. The molecule has 1 N–H and O–H groups in total. The van der Waals surface area contributed by atoms with Crippen LogP contribution in [0.3, 0.4) is 0 Å². The van der Waals surface area contributed by atoms with Crippen molar-refractivity contribution in [2.24, 2.45) is 5.92 Å². The van der Waals surface area contributed by atoms with E-state index in [9.17, 15) is 0 Å². The van der Waals surface area contributed by atoms with Crippen molar-refractivity contribution in [2.45, 2.75) is 58.0 Å². The third-order valence-corrected chi connectivity index (χ3v) is 4.14. The van der Waals surface area contributed by atoms with Gasteiger partial charge >= 0.3 is 0 Å². The van der Waals surface area contributed by atoms with Gasteiger partial charge in [-0.3, -0.25) is 0 Å². The summed E-state index contributed by atoms with van der Waals surface area (Å²) in [6.45, 7) is 8.54. The zero-order valence-corrected chi connectivity index (χ0v) is 11.6. The van der Waals surface area contributed by atoms with Crippen molar-refractivity contribution in [3.8, 4) is 0 Å². The first kappa shape index (κ1) is 14.3. The van der Waals surface area contributed by atoms with Crippen LogP contribution in [-0.4, -0.2) is 36.6 Å². The topological polar surface area (TPSA) is 15.3 Å². The maximum atomic E-state index is 3.73. The third kappa shape index (κ3) is 4.23. The van der Waals surface area contributed by atoms with E-state index in [0.717, 1.165) is 18.0 Å². The Balaban J connectivity index is 0.00000128. The summed E-state index contributed by atoms with van der Waals surface area (Å²) >= 11 is 0. The van der Waals surface area contributed by atoms with E-state index in [0.29, 0.717) is 0 Å². The summed E-state index contributed by atoms with van der Waals surface area (Å²) in [5, 5.41) is 3.73. The van der Waals surface area contributed by atoms with Gasteiger partial charge < -0.3 is 10.2 Å². The largest absolute Gasteiger partial charge is 0.314 e. The molecule has 2 fully saturated rings. The number of likely N-dealkylation sites (tertiary alicyclic amines) is 1. The van der Waals surface area contributed by atoms with Gasteiger partial charge in [0.2, 0.25) is 0 Å². The molecule has 0 radical (unpaired) electrons. The molecule has 0 aromatic carbocycles. The van der Waals surface area contributed by atoms with Crippen LogP contribution < -0.4 is 5.32 Å². The second-order valence-electron chi connectivity index (χ2n) is 5.42. The average molecular weight is 247 g/mol. The van der Waals surface area contributed by atoms with E-state index in [-0.39, 0.29) is 12.4 Å². The molecule has 1 aliphatic heterocycles. The van der Waals surface area contributed by atoms with Crippen LogP contribution in [0.2, 0.25) is 0 Å². The highest BCUT2D eigenvalue weighted by Crippen LogP contribution is 2.28. The molecule has 0 bridgehead atoms. The van der Waals surface area contributed by atoms with E-state index >= 15 is 0 Å². The van der Waals surface area contributed by atoms with Crippen molar-refractivity contribution in [1.29, 1.82) is 0 Å². The van der Waals surface area contributed by atoms with E-state index in [4.69, 9.17) is 0 Å². The summed E-state index contributed by atoms with van der Waals surface area (Å²) in [5.41, 5.74) is 0. The van der Waals surface area contributed by atoms with Gasteiger partial charge in [-0.25, -0.2) is 0 Å². The highest BCUT2D eigenvalue weighted by atomic mass is 35.5. The quantitative estimate of drug-likeness (QED) is 0.803. The van der Waals surface area contributed by atoms with Crippen molar-refractivity contribution >= 4 is 12.4 Å². The van der Waals surface area contributed by atoms with Gasteiger partial charge in [-0.1, -0.05) is 6.92 Å². The molecule has 96 valence electrons. The Morgan fingerprint density at radius 2 is 1.81 bits per heavy atom. The first-order chi connectivity index (χ1) is 7.29. The summed E-state index contributed by atoms with van der Waals surface area (Å²) in [6.07, 6.45) is 6.95. The Kier molecular flexibility index (Phi) is 6.09. The van der Waals surface area contributed by atoms with Crippen LogP contribution in [0.4, 0.5) is 0 Å². The fourth-order valence-electron chi connectivity index (χ4n) is 2.46. The van der Waals surface area contributed by atoms with Gasteiger partial charge in [0.25, 0.3) is 0 Å². The zero-order valence-electron chi connectivity index (χ0n) is 10.7. The zero-order chi connectivity index (χ0) is 10.7. The van der Waals surface area contributed by atoms with E-state index in [1.165, 1.54) is 51.7 Å². The summed E-state index contributed by atoms with van der Waals surface area (Å²) in [4.78, 5) is 2.65. The minimum Gasteiger partial charge on any atom is -0.314 e. The molecule has 2 aliphatic rings. The normalized spacial score (nSPS) is 25.1. The lowest BCUT2D eigenvalue weighted by Gasteiger charge is -2.36. The van der Waals surface area contributed by atoms with E-state index in [1.54, 1.807) is 0 Å². The molecule has 2 nitrogen and oxygen atoms in total. The number of piperidine rings is 1. The van der Waals surface area contributed by atoms with Crippen molar-refractivity contribution in [3.05, 3.63) is 0 Å². The van der Waals surface area contributed by atoms with Crippen molar-refractivity contribution in [1.82, 2.24) is 10.2 Å². The highest BCUT2D eigenvalue weighted by molar-refractivity contribution is 5.85. The van der Waals surface area contributed by atoms with Crippen molar-refractivity contribution in [2.75, 3.05) is 19.6 Å². The minimum absolute atomic E-state index is 0. The fourth-order valence-corrected chi connectivity index (χ4v) is 2.46. The molecular weight excluding hydrogens is 220 g/mol. The third-order valence-electron chi connectivity index (χ3n) is 4.14. The molecule has 1 heterocycles. The number of hydrogen-bond acceptors (Lipinski definition) is 2. The Morgan fingerprint density at radius 3 is 2.31 bits per heavy atom. The molecule has 0 aromatic heterocycles. The Morgan fingerprint density at radius 1 is 1.19 bits per heavy atom. The van der Waals surface area contributed by atoms with Gasteiger partial charge in [0.15, 0.2) is 0 Å². The standard InChI is InChI=1S/C13H26N2.ClH/c1-3-11(2)15-8-6-13(7-9-15)14-10-12-4-5-12;/h11-14H,3-10H2,1-2H3;1H. The number of nitrogens with one attached hydrogen (secondary N) is 1. The van der Waals surface area contributed by atoms with Gasteiger partial charge in [-0.2, -0.15) is 0 Å². The van der Waals surface area contributed by atoms with Crippen LogP contribution in [0.1, 0.15) is 46.0 Å². The van der Waals surface area contributed by atoms with Gasteiger partial charge in [0, 0.05) is 12.1 Å². The molecule has 1 unspecified atom stereocenters. The predicted molar refractivity (Wildman–Crippen MR) is 72.3 cm³/mol. The molecular formula is C13H27ClN2. The molecule has 0 spiro atoms. The number of hydrogen-bond donors (Lipinski definition) is 1. The maximum Gasteiger partial charge on any atom is 0.00915 e. The van der Waals surface area contributed by atoms with E-state index in [1.807, 2.05) is 0 Å². The van der Waals surface area contributed by atoms with Crippen LogP contribution in [0.15, 0.2) is 0 Å². The molecule has 3 heteroatoms. The van der Waals surface area contributed by atoms with Crippen LogP contribution >= 0.6 is 12.4 Å². The molecule has 1 aliphatic carbocycles. The number of halogens is 1. The van der Waals surface area contributed by atoms with Crippen LogP contribution in [0.5, 0.6) is 0 Å². The predicted octanol–water partition coefficient (Wildman–Crippen LogP) is 2.67. The monoisotopic (exact) mass is 246 g/mol. The lowest BCUT2D eigenvalue weighted by molar-refractivity contribution is 0.149. The SMILES string of the molecule is CCC(C)N1CCC(NCC2CC2)CC1.Cl. The van der Waals surface area contributed by atoms with Gasteiger partial charge in [0.1, 0.15) is 0 Å². The van der Waals surface area contributed by atoms with E-state index < -0.39 is 0 Å². The van der Waals surface area contributed by atoms with Crippen LogP contribution in [-0.2, 0) is 0 Å². The molecule has 2 rings (SSSR count). The second-order valence-corrected chi connectivity index (χ2v) is 5.42. The molecule has 16 heavy (non-hydrogen) atoms. The van der Waals surface area contributed by atoms with Gasteiger partial charge in [-0.05, 0) is 64.6 Å². The number of nitrogens with zero attached hydrogens (tertiary/aromatic N) is 1. The van der Waals surface area contributed by atoms with E-state index in [2.05, 4.69) is 24.1 Å². The summed E-state index contributed by atoms with van der Waals surface area (Å²) in [6, 6.07) is 1.60. The Hall–Kier alpha value is 0.210. The summed E-state index contributed by atoms with van der Waals surface area (Å²) in [5.74, 6) is 1.03. The van der Waals surface area contributed by atoms with Crippen LogP contribution in [0, 0.1) is 5.92 Å². The molecule has 0 aromatic rings. The van der Waals surface area contributed by atoms with Gasteiger partial charge in [-0.15, -0.1) is 12.4 Å². The second kappa shape index (κ2) is 6.83. The minimum atomic E-state index is 0. The number of rotatable bonds is 5. The van der Waals surface area contributed by atoms with Crippen molar-refractivity contribution < 1.29 is 0 Å². The molecule has 1 saturated heterocycles. The van der Waals surface area contributed by atoms with Crippen LogP contribution in [0.25, 0.3) is 0 Å². The Labute approximate surface area is 107 Å².